The van der Waals surface area contributed by atoms with Crippen LogP contribution in [-0.4, -0.2) is 14.9 Å². The molecule has 2 aromatic rings. The highest BCUT2D eigenvalue weighted by atomic mass is 16.6. The topological polar surface area (TPSA) is 81.0 Å². The van der Waals surface area contributed by atoms with Crippen LogP contribution < -0.4 is 5.32 Å². The van der Waals surface area contributed by atoms with Crippen molar-refractivity contribution in [2.24, 2.45) is 0 Å². The summed E-state index contributed by atoms with van der Waals surface area (Å²) in [4.78, 5) is 18.6. The number of nitrogens with one attached hydrogen (secondary N) is 1. The standard InChI is InChI=1S/C12H12N4O2/c1-8-6-9(2)14-12(13-8)15-10-4-3-5-11(7-10)16(17)18/h3-7H,1-2H3,(H,13,14,15). The van der Waals surface area contributed by atoms with E-state index < -0.39 is 4.92 Å². The van der Waals surface area contributed by atoms with Crippen LogP contribution in [0.3, 0.4) is 0 Å². The summed E-state index contributed by atoms with van der Waals surface area (Å²) in [6.45, 7) is 3.74. The Morgan fingerprint density at radius 3 is 2.44 bits per heavy atom. The van der Waals surface area contributed by atoms with Crippen molar-refractivity contribution in [3.63, 3.8) is 0 Å². The first-order valence-corrected chi connectivity index (χ1v) is 5.38. The molecule has 0 bridgehead atoms. The van der Waals surface area contributed by atoms with Crippen molar-refractivity contribution < 1.29 is 4.92 Å². The van der Waals surface area contributed by atoms with Gasteiger partial charge in [0, 0.05) is 29.2 Å². The second kappa shape index (κ2) is 4.79. The Labute approximate surface area is 104 Å². The van der Waals surface area contributed by atoms with Crippen LogP contribution in [0.15, 0.2) is 30.3 Å². The number of rotatable bonds is 3. The highest BCUT2D eigenvalue weighted by Crippen LogP contribution is 2.19. The first kappa shape index (κ1) is 12.0. The fraction of sp³-hybridized carbons (Fsp3) is 0.167. The van der Waals surface area contributed by atoms with E-state index in [1.165, 1.54) is 12.1 Å². The molecule has 18 heavy (non-hydrogen) atoms. The van der Waals surface area contributed by atoms with Crippen LogP contribution in [0.5, 0.6) is 0 Å². The van der Waals surface area contributed by atoms with Gasteiger partial charge >= 0.3 is 0 Å². The molecule has 0 fully saturated rings. The number of hydrogen-bond donors (Lipinski definition) is 1. The molecule has 0 saturated heterocycles. The maximum atomic E-state index is 10.7. The first-order valence-electron chi connectivity index (χ1n) is 5.38. The Hall–Kier alpha value is -2.50. The lowest BCUT2D eigenvalue weighted by Crippen LogP contribution is -2.00. The predicted octanol–water partition coefficient (Wildman–Crippen LogP) is 2.75. The Morgan fingerprint density at radius 2 is 1.83 bits per heavy atom. The molecular formula is C12H12N4O2. The molecule has 6 nitrogen and oxygen atoms in total. The highest BCUT2D eigenvalue weighted by Gasteiger charge is 2.06. The van der Waals surface area contributed by atoms with E-state index in [2.05, 4.69) is 15.3 Å². The van der Waals surface area contributed by atoms with E-state index >= 15 is 0 Å². The summed E-state index contributed by atoms with van der Waals surface area (Å²) in [5.74, 6) is 0.438. The molecule has 1 aromatic carbocycles. The third-order valence-corrected chi connectivity index (χ3v) is 2.30. The van der Waals surface area contributed by atoms with Crippen molar-refractivity contribution in [2.45, 2.75) is 13.8 Å². The molecule has 0 saturated carbocycles. The van der Waals surface area contributed by atoms with Crippen LogP contribution in [0.1, 0.15) is 11.4 Å². The number of benzene rings is 1. The van der Waals surface area contributed by atoms with Gasteiger partial charge < -0.3 is 5.32 Å². The zero-order chi connectivity index (χ0) is 13.1. The molecule has 0 aliphatic heterocycles. The van der Waals surface area contributed by atoms with E-state index in [1.54, 1.807) is 12.1 Å². The van der Waals surface area contributed by atoms with E-state index in [0.717, 1.165) is 11.4 Å². The Kier molecular flexibility index (Phi) is 3.18. The average Bonchev–Trinajstić information content (AvgIpc) is 2.27. The minimum absolute atomic E-state index is 0.0318. The lowest BCUT2D eigenvalue weighted by atomic mass is 10.3. The zero-order valence-corrected chi connectivity index (χ0v) is 10.0. The van der Waals surface area contributed by atoms with Crippen molar-refractivity contribution in [3.05, 3.63) is 51.8 Å². The van der Waals surface area contributed by atoms with Crippen LogP contribution in [0.25, 0.3) is 0 Å². The first-order chi connectivity index (χ1) is 8.54. The average molecular weight is 244 g/mol. The lowest BCUT2D eigenvalue weighted by molar-refractivity contribution is -0.384. The number of hydrogen-bond acceptors (Lipinski definition) is 5. The summed E-state index contributed by atoms with van der Waals surface area (Å²) in [6.07, 6.45) is 0. The summed E-state index contributed by atoms with van der Waals surface area (Å²) in [7, 11) is 0. The van der Waals surface area contributed by atoms with Gasteiger partial charge in [-0.25, -0.2) is 9.97 Å². The number of nitro groups is 1. The van der Waals surface area contributed by atoms with E-state index in [0.29, 0.717) is 11.6 Å². The molecule has 0 aliphatic rings. The third-order valence-electron chi connectivity index (χ3n) is 2.30. The van der Waals surface area contributed by atoms with E-state index in [4.69, 9.17) is 0 Å². The summed E-state index contributed by atoms with van der Waals surface area (Å²) in [6, 6.07) is 8.09. The summed E-state index contributed by atoms with van der Waals surface area (Å²) >= 11 is 0. The van der Waals surface area contributed by atoms with Crippen molar-refractivity contribution in [2.75, 3.05) is 5.32 Å². The molecule has 6 heteroatoms. The van der Waals surface area contributed by atoms with Gasteiger partial charge in [-0.1, -0.05) is 6.07 Å². The molecule has 0 unspecified atom stereocenters. The SMILES string of the molecule is Cc1cc(C)nc(Nc2cccc([N+](=O)[O-])c2)n1. The number of aryl methyl sites for hydroxylation is 2. The van der Waals surface area contributed by atoms with Gasteiger partial charge in [-0.15, -0.1) is 0 Å². The van der Waals surface area contributed by atoms with E-state index in [9.17, 15) is 10.1 Å². The molecule has 0 radical (unpaired) electrons. The lowest BCUT2D eigenvalue weighted by Gasteiger charge is -2.06. The van der Waals surface area contributed by atoms with E-state index in [1.807, 2.05) is 19.9 Å². The fourth-order valence-electron chi connectivity index (χ4n) is 1.61. The maximum absolute atomic E-state index is 10.7. The van der Waals surface area contributed by atoms with Gasteiger partial charge in [0.2, 0.25) is 5.95 Å². The van der Waals surface area contributed by atoms with Gasteiger partial charge in [-0.05, 0) is 26.0 Å². The van der Waals surface area contributed by atoms with Gasteiger partial charge in [0.05, 0.1) is 4.92 Å². The molecular weight excluding hydrogens is 232 g/mol. The second-order valence-electron chi connectivity index (χ2n) is 3.91. The molecule has 1 N–H and O–H groups in total. The second-order valence-corrected chi connectivity index (χ2v) is 3.91. The molecule has 1 heterocycles. The highest BCUT2D eigenvalue weighted by molar-refractivity contribution is 5.57. The number of aromatic nitrogens is 2. The number of nitro benzene ring substituents is 1. The quantitative estimate of drug-likeness (QED) is 0.663. The van der Waals surface area contributed by atoms with Crippen molar-refractivity contribution in [1.82, 2.24) is 9.97 Å². The van der Waals surface area contributed by atoms with Crippen LogP contribution in [0.2, 0.25) is 0 Å². The van der Waals surface area contributed by atoms with Crippen molar-refractivity contribution in [3.8, 4) is 0 Å². The molecule has 0 amide bonds. The van der Waals surface area contributed by atoms with Crippen molar-refractivity contribution in [1.29, 1.82) is 0 Å². The van der Waals surface area contributed by atoms with Crippen LogP contribution in [0, 0.1) is 24.0 Å². The summed E-state index contributed by atoms with van der Waals surface area (Å²) in [5.41, 5.74) is 2.31. The van der Waals surface area contributed by atoms with Gasteiger partial charge in [0.15, 0.2) is 0 Å². The Morgan fingerprint density at radius 1 is 1.17 bits per heavy atom. The number of nitrogens with zero attached hydrogens (tertiary/aromatic N) is 3. The van der Waals surface area contributed by atoms with Crippen LogP contribution >= 0.6 is 0 Å². The normalized spacial score (nSPS) is 10.1. The zero-order valence-electron chi connectivity index (χ0n) is 10.0. The Balaban J connectivity index is 2.28. The van der Waals surface area contributed by atoms with Gasteiger partial charge in [0.1, 0.15) is 0 Å². The van der Waals surface area contributed by atoms with Gasteiger partial charge in [-0.2, -0.15) is 0 Å². The van der Waals surface area contributed by atoms with Gasteiger partial charge in [-0.3, -0.25) is 10.1 Å². The Bertz CT molecular complexity index is 578. The largest absolute Gasteiger partial charge is 0.324 e. The molecule has 0 spiro atoms. The van der Waals surface area contributed by atoms with Gasteiger partial charge in [0.25, 0.3) is 5.69 Å². The van der Waals surface area contributed by atoms with E-state index in [-0.39, 0.29) is 5.69 Å². The summed E-state index contributed by atoms with van der Waals surface area (Å²) in [5, 5.41) is 13.6. The minimum atomic E-state index is -0.437. The smallest absolute Gasteiger partial charge is 0.271 e. The third kappa shape index (κ3) is 2.79. The molecule has 92 valence electrons. The molecule has 2 rings (SSSR count). The summed E-state index contributed by atoms with van der Waals surface area (Å²) < 4.78 is 0. The maximum Gasteiger partial charge on any atom is 0.271 e. The monoisotopic (exact) mass is 244 g/mol. The predicted molar refractivity (Wildman–Crippen MR) is 67.9 cm³/mol. The number of anilines is 2. The fourth-order valence-corrected chi connectivity index (χ4v) is 1.61. The minimum Gasteiger partial charge on any atom is -0.324 e. The van der Waals surface area contributed by atoms with Crippen LogP contribution in [-0.2, 0) is 0 Å². The number of non-ortho nitro benzene ring substituents is 1. The molecule has 1 aromatic heterocycles. The van der Waals surface area contributed by atoms with Crippen molar-refractivity contribution >= 4 is 17.3 Å². The molecule has 0 aliphatic carbocycles. The van der Waals surface area contributed by atoms with Crippen LogP contribution in [0.4, 0.5) is 17.3 Å². The molecule has 0 atom stereocenters.